The number of amides is 1. The number of benzene rings is 2. The van der Waals surface area contributed by atoms with E-state index in [1.807, 2.05) is 36.1 Å². The molecule has 0 spiro atoms. The number of aromatic nitrogens is 1. The highest BCUT2D eigenvalue weighted by atomic mass is 16.5. The van der Waals surface area contributed by atoms with Crippen LogP contribution in [0.3, 0.4) is 0 Å². The van der Waals surface area contributed by atoms with Crippen molar-refractivity contribution >= 4 is 11.6 Å². The maximum absolute atomic E-state index is 13.3. The minimum Gasteiger partial charge on any atom is -0.489 e. The van der Waals surface area contributed by atoms with Crippen LogP contribution in [0.4, 0.5) is 5.69 Å². The Morgan fingerprint density at radius 1 is 1.17 bits per heavy atom. The zero-order valence-corrected chi connectivity index (χ0v) is 17.2. The molecule has 3 aromatic rings. The van der Waals surface area contributed by atoms with Crippen molar-refractivity contribution in [3.05, 3.63) is 76.2 Å². The summed E-state index contributed by atoms with van der Waals surface area (Å²) in [6.45, 7) is 6.94. The largest absolute Gasteiger partial charge is 0.489 e. The van der Waals surface area contributed by atoms with Gasteiger partial charge in [-0.3, -0.25) is 4.79 Å². The van der Waals surface area contributed by atoms with Crippen molar-refractivity contribution in [3.8, 4) is 5.75 Å². The lowest BCUT2D eigenvalue weighted by Crippen LogP contribution is -2.36. The molecule has 0 bridgehead atoms. The number of fused-ring (bicyclic) bond motifs is 1. The Labute approximate surface area is 171 Å². The van der Waals surface area contributed by atoms with Gasteiger partial charge in [0.15, 0.2) is 5.69 Å². The number of rotatable bonds is 5. The van der Waals surface area contributed by atoms with Gasteiger partial charge in [0.25, 0.3) is 5.91 Å². The van der Waals surface area contributed by atoms with Gasteiger partial charge in [-0.15, -0.1) is 0 Å². The number of anilines is 1. The van der Waals surface area contributed by atoms with Crippen LogP contribution in [0, 0.1) is 13.8 Å². The Kier molecular flexibility index (Phi) is 5.38. The fraction of sp³-hybridized carbons (Fsp3) is 0.333. The van der Waals surface area contributed by atoms with Gasteiger partial charge in [0.1, 0.15) is 18.1 Å². The maximum Gasteiger partial charge on any atom is 0.280 e. The number of carbonyl (C=O) groups excluding carboxylic acids is 1. The predicted molar refractivity (Wildman–Crippen MR) is 113 cm³/mol. The lowest BCUT2D eigenvalue weighted by molar-refractivity contribution is 0.0974. The molecule has 0 N–H and O–H groups in total. The predicted octanol–water partition coefficient (Wildman–Crippen LogP) is 5.03. The molecule has 0 radical (unpaired) electrons. The summed E-state index contributed by atoms with van der Waals surface area (Å²) < 4.78 is 11.3. The second-order valence-corrected chi connectivity index (χ2v) is 7.54. The average molecular weight is 390 g/mol. The van der Waals surface area contributed by atoms with Crippen LogP contribution in [0.15, 0.2) is 47.0 Å². The summed E-state index contributed by atoms with van der Waals surface area (Å²) >= 11 is 0. The second kappa shape index (κ2) is 8.11. The lowest BCUT2D eigenvalue weighted by atomic mass is 9.99. The Bertz CT molecular complexity index is 1020. The molecule has 2 aromatic carbocycles. The summed E-state index contributed by atoms with van der Waals surface area (Å²) in [4.78, 5) is 15.1. The van der Waals surface area contributed by atoms with Gasteiger partial charge < -0.3 is 14.2 Å². The molecule has 150 valence electrons. The zero-order valence-electron chi connectivity index (χ0n) is 17.2. The number of hydrogen-bond donors (Lipinski definition) is 0. The van der Waals surface area contributed by atoms with Crippen molar-refractivity contribution in [3.63, 3.8) is 0 Å². The molecule has 0 fully saturated rings. The van der Waals surface area contributed by atoms with E-state index in [0.29, 0.717) is 23.6 Å². The SMILES string of the molecule is CCc1ccc(OCc2c(C(=O)N3CCCc4cc(C)ccc43)noc2C)cc1. The third kappa shape index (κ3) is 3.90. The van der Waals surface area contributed by atoms with Gasteiger partial charge in [-0.25, -0.2) is 0 Å². The molecule has 1 aromatic heterocycles. The highest BCUT2D eigenvalue weighted by Crippen LogP contribution is 2.30. The quantitative estimate of drug-likeness (QED) is 0.613. The Balaban J connectivity index is 1.56. The van der Waals surface area contributed by atoms with E-state index in [-0.39, 0.29) is 12.5 Å². The van der Waals surface area contributed by atoms with Crippen molar-refractivity contribution in [2.24, 2.45) is 0 Å². The van der Waals surface area contributed by atoms with E-state index in [2.05, 4.69) is 37.2 Å². The standard InChI is InChI=1S/C24H26N2O3/c1-4-18-8-10-20(11-9-18)28-15-21-17(3)29-25-23(21)24(27)26-13-5-6-19-14-16(2)7-12-22(19)26/h7-12,14H,4-6,13,15H2,1-3H3. The molecule has 0 aliphatic carbocycles. The molecule has 29 heavy (non-hydrogen) atoms. The molecule has 0 unspecified atom stereocenters. The third-order valence-corrected chi connectivity index (χ3v) is 5.50. The molecular weight excluding hydrogens is 364 g/mol. The number of hydrogen-bond acceptors (Lipinski definition) is 4. The molecule has 0 saturated heterocycles. The van der Waals surface area contributed by atoms with Crippen molar-refractivity contribution < 1.29 is 14.1 Å². The minimum absolute atomic E-state index is 0.133. The van der Waals surface area contributed by atoms with Gasteiger partial charge in [0.05, 0.1) is 5.56 Å². The molecule has 5 nitrogen and oxygen atoms in total. The van der Waals surface area contributed by atoms with E-state index in [0.717, 1.165) is 30.7 Å². The van der Waals surface area contributed by atoms with Gasteiger partial charge >= 0.3 is 0 Å². The van der Waals surface area contributed by atoms with E-state index < -0.39 is 0 Å². The summed E-state index contributed by atoms with van der Waals surface area (Å²) in [6.07, 6.45) is 2.91. The number of ether oxygens (including phenoxy) is 1. The molecule has 1 amide bonds. The van der Waals surface area contributed by atoms with Gasteiger partial charge in [0.2, 0.25) is 0 Å². The molecule has 0 saturated carbocycles. The van der Waals surface area contributed by atoms with Crippen LogP contribution >= 0.6 is 0 Å². The van der Waals surface area contributed by atoms with E-state index in [1.54, 1.807) is 0 Å². The third-order valence-electron chi connectivity index (χ3n) is 5.50. The lowest BCUT2D eigenvalue weighted by Gasteiger charge is -2.29. The van der Waals surface area contributed by atoms with Crippen LogP contribution in [-0.2, 0) is 19.4 Å². The first-order chi connectivity index (χ1) is 14.1. The fourth-order valence-corrected chi connectivity index (χ4v) is 3.77. The van der Waals surface area contributed by atoms with Crippen molar-refractivity contribution in [1.82, 2.24) is 5.16 Å². The van der Waals surface area contributed by atoms with Crippen LogP contribution < -0.4 is 9.64 Å². The summed E-state index contributed by atoms with van der Waals surface area (Å²) in [5, 5.41) is 4.07. The molecule has 5 heteroatoms. The molecule has 0 atom stereocenters. The highest BCUT2D eigenvalue weighted by Gasteiger charge is 2.29. The van der Waals surface area contributed by atoms with Gasteiger partial charge in [-0.1, -0.05) is 41.9 Å². The van der Waals surface area contributed by atoms with Gasteiger partial charge in [-0.05, 0) is 62.4 Å². The summed E-state index contributed by atoms with van der Waals surface area (Å²) in [5.41, 5.74) is 5.68. The topological polar surface area (TPSA) is 55.6 Å². The highest BCUT2D eigenvalue weighted by molar-refractivity contribution is 6.06. The molecule has 1 aliphatic heterocycles. The Morgan fingerprint density at radius 2 is 1.97 bits per heavy atom. The van der Waals surface area contributed by atoms with Crippen LogP contribution in [0.1, 0.15) is 51.8 Å². The van der Waals surface area contributed by atoms with Crippen molar-refractivity contribution in [2.45, 2.75) is 46.6 Å². The van der Waals surface area contributed by atoms with E-state index in [9.17, 15) is 4.79 Å². The van der Waals surface area contributed by atoms with E-state index in [4.69, 9.17) is 9.26 Å². The van der Waals surface area contributed by atoms with E-state index in [1.165, 1.54) is 16.7 Å². The number of carbonyl (C=O) groups is 1. The monoisotopic (exact) mass is 390 g/mol. The number of aryl methyl sites for hydroxylation is 4. The first kappa shape index (κ1) is 19.2. The first-order valence-corrected chi connectivity index (χ1v) is 10.1. The summed E-state index contributed by atoms with van der Waals surface area (Å²) in [6, 6.07) is 14.2. The fourth-order valence-electron chi connectivity index (χ4n) is 3.77. The van der Waals surface area contributed by atoms with Crippen LogP contribution in [0.5, 0.6) is 5.75 Å². The molecule has 2 heterocycles. The van der Waals surface area contributed by atoms with Crippen LogP contribution in [-0.4, -0.2) is 17.6 Å². The Hall–Kier alpha value is -3.08. The average Bonchev–Trinajstić information content (AvgIpc) is 3.11. The second-order valence-electron chi connectivity index (χ2n) is 7.54. The van der Waals surface area contributed by atoms with Gasteiger partial charge in [0, 0.05) is 12.2 Å². The van der Waals surface area contributed by atoms with Crippen LogP contribution in [0.2, 0.25) is 0 Å². The zero-order chi connectivity index (χ0) is 20.4. The van der Waals surface area contributed by atoms with Gasteiger partial charge in [-0.2, -0.15) is 0 Å². The van der Waals surface area contributed by atoms with Crippen molar-refractivity contribution in [1.29, 1.82) is 0 Å². The first-order valence-electron chi connectivity index (χ1n) is 10.1. The number of nitrogens with zero attached hydrogens (tertiary/aromatic N) is 2. The maximum atomic E-state index is 13.3. The molecule has 4 rings (SSSR count). The minimum atomic E-state index is -0.133. The summed E-state index contributed by atoms with van der Waals surface area (Å²) in [5.74, 6) is 1.24. The normalized spacial score (nSPS) is 13.3. The van der Waals surface area contributed by atoms with E-state index >= 15 is 0 Å². The van der Waals surface area contributed by atoms with Crippen LogP contribution in [0.25, 0.3) is 0 Å². The molecular formula is C24H26N2O3. The Morgan fingerprint density at radius 3 is 2.72 bits per heavy atom. The summed E-state index contributed by atoms with van der Waals surface area (Å²) in [7, 11) is 0. The smallest absolute Gasteiger partial charge is 0.280 e. The molecule has 1 aliphatic rings. The van der Waals surface area contributed by atoms with Crippen molar-refractivity contribution in [2.75, 3.05) is 11.4 Å².